The molecule has 0 aliphatic rings. The Kier molecular flexibility index (Phi) is 3.00. The van der Waals surface area contributed by atoms with E-state index >= 15 is 0 Å². The van der Waals surface area contributed by atoms with Gasteiger partial charge >= 0.3 is 0 Å². The Balaban J connectivity index is 2.05. The summed E-state index contributed by atoms with van der Waals surface area (Å²) in [4.78, 5) is 16.2. The van der Waals surface area contributed by atoms with Crippen LogP contribution in [0.1, 0.15) is 5.69 Å². The third-order valence-electron chi connectivity index (χ3n) is 2.65. The molecule has 1 N–H and O–H groups in total. The number of aromatic amines is 1. The lowest BCUT2D eigenvalue weighted by Gasteiger charge is -1.97. The first kappa shape index (κ1) is 12.2. The molecule has 6 heteroatoms. The Bertz CT molecular complexity index is 787. The molecule has 2 aromatic heterocycles. The summed E-state index contributed by atoms with van der Waals surface area (Å²) in [5.74, 6) is 0. The summed E-state index contributed by atoms with van der Waals surface area (Å²) in [5.41, 5.74) is 2.45. The van der Waals surface area contributed by atoms with Gasteiger partial charge in [0, 0.05) is 27.7 Å². The van der Waals surface area contributed by atoms with E-state index in [1.54, 1.807) is 6.07 Å². The highest BCUT2D eigenvalue weighted by Crippen LogP contribution is 2.25. The van der Waals surface area contributed by atoms with Crippen LogP contribution in [0.4, 0.5) is 0 Å². The van der Waals surface area contributed by atoms with E-state index in [1.165, 1.54) is 16.0 Å². The lowest BCUT2D eigenvalue weighted by Crippen LogP contribution is -2.12. The molecule has 4 nitrogen and oxygen atoms in total. The quantitative estimate of drug-likeness (QED) is 0.788. The first-order valence-electron chi connectivity index (χ1n) is 5.64. The molecule has 2 heterocycles. The number of hydrogen-bond acceptors (Lipinski definition) is 3. The van der Waals surface area contributed by atoms with Crippen molar-refractivity contribution in [3.63, 3.8) is 0 Å². The summed E-state index contributed by atoms with van der Waals surface area (Å²) >= 11 is 7.37. The zero-order valence-electron chi connectivity index (χ0n) is 10.1. The highest BCUT2D eigenvalue weighted by atomic mass is 35.5. The van der Waals surface area contributed by atoms with Crippen molar-refractivity contribution in [1.82, 2.24) is 14.8 Å². The van der Waals surface area contributed by atoms with E-state index in [0.717, 1.165) is 17.0 Å². The average molecular weight is 292 g/mol. The molecule has 0 saturated heterocycles. The van der Waals surface area contributed by atoms with E-state index in [-0.39, 0.29) is 5.56 Å². The highest BCUT2D eigenvalue weighted by molar-refractivity contribution is 7.12. The predicted molar refractivity (Wildman–Crippen MR) is 77.2 cm³/mol. The van der Waals surface area contributed by atoms with Crippen LogP contribution >= 0.6 is 22.9 Å². The lowest BCUT2D eigenvalue weighted by atomic mass is 10.2. The molecular weight excluding hydrogens is 282 g/mol. The van der Waals surface area contributed by atoms with Crippen LogP contribution in [0, 0.1) is 6.92 Å². The standard InChI is InChI=1S/C13H10ClN3OS/c1-8-5-12(18)17(16-8)13-15-11(7-19-13)9-3-2-4-10(14)6-9/h2-7,16H,1H3. The van der Waals surface area contributed by atoms with Gasteiger partial charge in [-0.25, -0.2) is 4.98 Å². The third kappa shape index (κ3) is 2.34. The number of hydrogen-bond donors (Lipinski definition) is 1. The molecule has 0 amide bonds. The number of thiazole rings is 1. The van der Waals surface area contributed by atoms with Crippen molar-refractivity contribution >= 4 is 22.9 Å². The third-order valence-corrected chi connectivity index (χ3v) is 3.71. The molecule has 0 atom stereocenters. The number of rotatable bonds is 2. The number of benzene rings is 1. The topological polar surface area (TPSA) is 50.7 Å². The first-order valence-corrected chi connectivity index (χ1v) is 6.90. The molecule has 96 valence electrons. The van der Waals surface area contributed by atoms with Gasteiger partial charge < -0.3 is 0 Å². The molecule has 0 spiro atoms. The van der Waals surface area contributed by atoms with Crippen molar-refractivity contribution in [2.24, 2.45) is 0 Å². The van der Waals surface area contributed by atoms with Gasteiger partial charge in [-0.15, -0.1) is 11.3 Å². The number of halogens is 1. The van der Waals surface area contributed by atoms with Crippen LogP contribution in [0.15, 0.2) is 40.5 Å². The summed E-state index contributed by atoms with van der Waals surface area (Å²) in [6.07, 6.45) is 0. The molecule has 1 aromatic carbocycles. The molecule has 3 rings (SSSR count). The monoisotopic (exact) mass is 291 g/mol. The summed E-state index contributed by atoms with van der Waals surface area (Å²) in [7, 11) is 0. The molecule has 3 aromatic rings. The molecule has 0 radical (unpaired) electrons. The van der Waals surface area contributed by atoms with Crippen molar-refractivity contribution in [3.8, 4) is 16.4 Å². The average Bonchev–Trinajstić information content (AvgIpc) is 2.96. The first-order chi connectivity index (χ1) is 9.13. The second kappa shape index (κ2) is 4.68. The van der Waals surface area contributed by atoms with E-state index in [0.29, 0.717) is 10.2 Å². The second-order valence-electron chi connectivity index (χ2n) is 4.14. The molecular formula is C13H10ClN3OS. The lowest BCUT2D eigenvalue weighted by molar-refractivity contribution is 0.827. The fraction of sp³-hybridized carbons (Fsp3) is 0.0769. The normalized spacial score (nSPS) is 10.8. The van der Waals surface area contributed by atoms with Crippen LogP contribution in [0.3, 0.4) is 0 Å². The van der Waals surface area contributed by atoms with Crippen LogP contribution in [-0.2, 0) is 0 Å². The van der Waals surface area contributed by atoms with Gasteiger partial charge in [-0.3, -0.25) is 9.89 Å². The molecule has 0 aliphatic carbocycles. The van der Waals surface area contributed by atoms with Gasteiger partial charge in [0.05, 0.1) is 5.69 Å². The van der Waals surface area contributed by atoms with Crippen LogP contribution in [0.5, 0.6) is 0 Å². The fourth-order valence-corrected chi connectivity index (χ4v) is 2.79. The van der Waals surface area contributed by atoms with Crippen LogP contribution in [0.2, 0.25) is 5.02 Å². The Morgan fingerprint density at radius 3 is 2.89 bits per heavy atom. The van der Waals surface area contributed by atoms with E-state index in [9.17, 15) is 4.79 Å². The Morgan fingerprint density at radius 2 is 2.21 bits per heavy atom. The number of nitrogens with zero attached hydrogens (tertiary/aromatic N) is 2. The minimum absolute atomic E-state index is 0.107. The van der Waals surface area contributed by atoms with Gasteiger partial charge in [0.25, 0.3) is 5.56 Å². The Labute approximate surface area is 118 Å². The zero-order valence-corrected chi connectivity index (χ0v) is 11.6. The van der Waals surface area contributed by atoms with Gasteiger partial charge in [-0.05, 0) is 19.1 Å². The fourth-order valence-electron chi connectivity index (χ4n) is 1.80. The second-order valence-corrected chi connectivity index (χ2v) is 5.41. The maximum atomic E-state index is 11.7. The Hall–Kier alpha value is -1.85. The molecule has 0 aliphatic heterocycles. The smallest absolute Gasteiger partial charge is 0.273 e. The number of aryl methyl sites for hydroxylation is 1. The maximum absolute atomic E-state index is 11.7. The Morgan fingerprint density at radius 1 is 1.37 bits per heavy atom. The summed E-state index contributed by atoms with van der Waals surface area (Å²) in [6, 6.07) is 9.02. The minimum Gasteiger partial charge on any atom is -0.293 e. The van der Waals surface area contributed by atoms with Gasteiger partial charge in [0.15, 0.2) is 0 Å². The summed E-state index contributed by atoms with van der Waals surface area (Å²) in [6.45, 7) is 1.84. The number of H-pyrrole nitrogens is 1. The van der Waals surface area contributed by atoms with E-state index < -0.39 is 0 Å². The van der Waals surface area contributed by atoms with E-state index in [4.69, 9.17) is 11.6 Å². The van der Waals surface area contributed by atoms with Crippen molar-refractivity contribution in [2.45, 2.75) is 6.92 Å². The van der Waals surface area contributed by atoms with Gasteiger partial charge in [-0.2, -0.15) is 4.68 Å². The maximum Gasteiger partial charge on any atom is 0.273 e. The van der Waals surface area contributed by atoms with Crippen molar-refractivity contribution in [3.05, 3.63) is 56.8 Å². The molecule has 0 saturated carbocycles. The predicted octanol–water partition coefficient (Wildman–Crippen LogP) is 3.25. The van der Waals surface area contributed by atoms with Crippen molar-refractivity contribution in [1.29, 1.82) is 0 Å². The van der Waals surface area contributed by atoms with E-state index in [1.807, 2.05) is 36.6 Å². The summed E-state index contributed by atoms with van der Waals surface area (Å²) in [5, 5.41) is 6.15. The minimum atomic E-state index is -0.107. The van der Waals surface area contributed by atoms with Crippen molar-refractivity contribution in [2.75, 3.05) is 0 Å². The van der Waals surface area contributed by atoms with Gasteiger partial charge in [-0.1, -0.05) is 23.7 Å². The summed E-state index contributed by atoms with van der Waals surface area (Å²) < 4.78 is 1.44. The van der Waals surface area contributed by atoms with Crippen molar-refractivity contribution < 1.29 is 0 Å². The largest absolute Gasteiger partial charge is 0.293 e. The highest BCUT2D eigenvalue weighted by Gasteiger charge is 2.09. The van der Waals surface area contributed by atoms with Crippen LogP contribution in [-0.4, -0.2) is 14.8 Å². The van der Waals surface area contributed by atoms with Crippen LogP contribution in [0.25, 0.3) is 16.4 Å². The number of aromatic nitrogens is 3. The van der Waals surface area contributed by atoms with E-state index in [2.05, 4.69) is 10.1 Å². The molecule has 0 unspecified atom stereocenters. The van der Waals surface area contributed by atoms with Gasteiger partial charge in [0.2, 0.25) is 5.13 Å². The zero-order chi connectivity index (χ0) is 13.4. The van der Waals surface area contributed by atoms with Gasteiger partial charge in [0.1, 0.15) is 0 Å². The number of nitrogens with one attached hydrogen (secondary N) is 1. The van der Waals surface area contributed by atoms with Crippen LogP contribution < -0.4 is 5.56 Å². The molecule has 19 heavy (non-hydrogen) atoms. The molecule has 0 bridgehead atoms. The molecule has 0 fully saturated rings. The SMILES string of the molecule is Cc1cc(=O)n(-c2nc(-c3cccc(Cl)c3)cs2)[nH]1.